The minimum Gasteiger partial charge on any atom is -0.461 e. The summed E-state index contributed by atoms with van der Waals surface area (Å²) in [5.41, 5.74) is 2.74. The zero-order valence-corrected chi connectivity index (χ0v) is 30.5. The fourth-order valence-electron chi connectivity index (χ4n) is 6.99. The van der Waals surface area contributed by atoms with Crippen LogP contribution in [0.1, 0.15) is 56.3 Å². The van der Waals surface area contributed by atoms with Crippen LogP contribution in [-0.4, -0.2) is 73.2 Å². The number of nitrogens with zero attached hydrogens (tertiary/aromatic N) is 3. The zero-order valence-electron chi connectivity index (χ0n) is 29.6. The van der Waals surface area contributed by atoms with Gasteiger partial charge in [-0.25, -0.2) is 13.6 Å². The molecule has 11 nitrogen and oxygen atoms in total. The van der Waals surface area contributed by atoms with E-state index >= 15 is 0 Å². The molecule has 0 radical (unpaired) electrons. The summed E-state index contributed by atoms with van der Waals surface area (Å²) in [4.78, 5) is 29.6. The molecule has 0 saturated carbocycles. The van der Waals surface area contributed by atoms with Crippen molar-refractivity contribution < 1.29 is 36.8 Å². The number of halogens is 2. The molecule has 6 rings (SSSR count). The number of carbonyl (C=O) groups excluding carboxylic acids is 1. The van der Waals surface area contributed by atoms with Crippen molar-refractivity contribution in [2.75, 3.05) is 52.5 Å². The maximum Gasteiger partial charge on any atom is 0.360 e. The lowest BCUT2D eigenvalue weighted by atomic mass is 9.86. The fraction of sp³-hybridized carbons (Fsp3) is 0.395. The Morgan fingerprint density at radius 2 is 1.54 bits per heavy atom. The van der Waals surface area contributed by atoms with Gasteiger partial charge in [0.05, 0.1) is 41.0 Å². The van der Waals surface area contributed by atoms with E-state index in [1.807, 2.05) is 13.8 Å². The van der Waals surface area contributed by atoms with Crippen LogP contribution in [-0.2, 0) is 23.1 Å². The van der Waals surface area contributed by atoms with Gasteiger partial charge in [-0.2, -0.15) is 0 Å². The van der Waals surface area contributed by atoms with Gasteiger partial charge in [-0.1, -0.05) is 50.2 Å². The van der Waals surface area contributed by atoms with E-state index in [0.717, 1.165) is 11.1 Å². The van der Waals surface area contributed by atoms with Gasteiger partial charge in [0, 0.05) is 61.7 Å². The second kappa shape index (κ2) is 15.4. The van der Waals surface area contributed by atoms with E-state index in [2.05, 4.69) is 15.1 Å². The molecule has 0 aromatic heterocycles. The first-order valence-corrected chi connectivity index (χ1v) is 18.8. The van der Waals surface area contributed by atoms with Crippen molar-refractivity contribution in [3.05, 3.63) is 134 Å². The average Bonchev–Trinajstić information content (AvgIpc) is 3.11. The third-order valence-corrected chi connectivity index (χ3v) is 11.8. The summed E-state index contributed by atoms with van der Waals surface area (Å²) in [6.45, 7) is 10.8. The van der Waals surface area contributed by atoms with Gasteiger partial charge in [-0.3, -0.25) is 24.5 Å². The SMILES string of the molecule is CC1=C(C(=O)OCCN2CCN(C(c3ccc(F)cc3)c3ccc(F)cc3)CC2)C(c2cccc([N+](=O)[O-])c2)C(P2(=O)OCC(C)(C)CO2)=C(C)N1. The Labute approximate surface area is 301 Å². The minimum absolute atomic E-state index is 0.0630. The molecule has 0 bridgehead atoms. The van der Waals surface area contributed by atoms with Gasteiger partial charge in [0.2, 0.25) is 0 Å². The molecule has 14 heteroatoms. The molecule has 1 atom stereocenters. The Bertz CT molecular complexity index is 1870. The maximum absolute atomic E-state index is 14.4. The highest BCUT2D eigenvalue weighted by molar-refractivity contribution is 7.58. The van der Waals surface area contributed by atoms with Crippen LogP contribution in [0.5, 0.6) is 0 Å². The molecular weight excluding hydrogens is 693 g/mol. The summed E-state index contributed by atoms with van der Waals surface area (Å²) in [5.74, 6) is -2.30. The van der Waals surface area contributed by atoms with E-state index in [4.69, 9.17) is 13.8 Å². The Balaban J connectivity index is 1.16. The Hall–Kier alpha value is -4.26. The Morgan fingerprint density at radius 3 is 2.10 bits per heavy atom. The van der Waals surface area contributed by atoms with E-state index in [-0.39, 0.29) is 59.5 Å². The lowest BCUT2D eigenvalue weighted by Gasteiger charge is -2.40. The van der Waals surface area contributed by atoms with Crippen molar-refractivity contribution in [2.24, 2.45) is 5.41 Å². The van der Waals surface area contributed by atoms with Crippen LogP contribution in [0.4, 0.5) is 14.5 Å². The number of non-ortho nitro benzene ring substituents is 1. The highest BCUT2D eigenvalue weighted by atomic mass is 31.2. The van der Waals surface area contributed by atoms with Gasteiger partial charge in [-0.05, 0) is 54.8 Å². The van der Waals surface area contributed by atoms with Crippen molar-refractivity contribution in [3.8, 4) is 0 Å². The van der Waals surface area contributed by atoms with E-state index in [1.165, 1.54) is 42.5 Å². The molecule has 3 heterocycles. The van der Waals surface area contributed by atoms with Crippen molar-refractivity contribution in [3.63, 3.8) is 0 Å². The number of nitro benzene ring substituents is 1. The predicted molar refractivity (Wildman–Crippen MR) is 191 cm³/mol. The quantitative estimate of drug-likeness (QED) is 0.0983. The first kappa shape index (κ1) is 37.5. The molecule has 2 saturated heterocycles. The standard InChI is InChI=1S/C38H43F2N4O7P/c1-25-33(34(29-6-5-7-32(22-29)44(46)47)36(26(2)41-25)52(48)50-23-38(3,4)24-51-52)37(45)49-21-20-42-16-18-43(19-17-42)35(27-8-12-30(39)13-9-27)28-10-14-31(40)15-11-28/h5-15,22,34-35,41H,16-21,23-24H2,1-4H3. The van der Waals surface area contributed by atoms with Crippen molar-refractivity contribution in [2.45, 2.75) is 39.7 Å². The number of hydrogen-bond acceptors (Lipinski definition) is 10. The van der Waals surface area contributed by atoms with E-state index in [9.17, 15) is 28.3 Å². The minimum atomic E-state index is -3.95. The molecule has 2 fully saturated rings. The first-order chi connectivity index (χ1) is 24.7. The Morgan fingerprint density at radius 1 is 0.962 bits per heavy atom. The number of benzene rings is 3. The normalized spacial score (nSPS) is 20.9. The molecule has 1 unspecified atom stereocenters. The summed E-state index contributed by atoms with van der Waals surface area (Å²) >= 11 is 0. The van der Waals surface area contributed by atoms with Crippen LogP contribution in [0.3, 0.4) is 0 Å². The molecule has 1 N–H and O–H groups in total. The van der Waals surface area contributed by atoms with Gasteiger partial charge in [0.1, 0.15) is 18.2 Å². The molecule has 0 spiro atoms. The zero-order chi connectivity index (χ0) is 37.2. The number of esters is 1. The van der Waals surface area contributed by atoms with Gasteiger partial charge < -0.3 is 19.1 Å². The van der Waals surface area contributed by atoms with E-state index < -0.39 is 24.4 Å². The van der Waals surface area contributed by atoms with Gasteiger partial charge in [0.25, 0.3) is 5.69 Å². The molecule has 0 amide bonds. The molecule has 0 aliphatic carbocycles. The molecule has 3 aromatic carbocycles. The number of ether oxygens (including phenoxy) is 1. The number of dihydropyridines is 1. The van der Waals surface area contributed by atoms with E-state index in [1.54, 1.807) is 44.2 Å². The number of nitro groups is 1. The molecule has 3 aromatic rings. The van der Waals surface area contributed by atoms with Crippen LogP contribution in [0.2, 0.25) is 0 Å². The van der Waals surface area contributed by atoms with Crippen LogP contribution in [0, 0.1) is 27.2 Å². The average molecular weight is 737 g/mol. The number of rotatable bonds is 10. The van der Waals surface area contributed by atoms with Crippen molar-refractivity contribution in [1.29, 1.82) is 0 Å². The second-order valence-corrected chi connectivity index (χ2v) is 16.2. The molecule has 276 valence electrons. The number of hydrogen-bond donors (Lipinski definition) is 1. The first-order valence-electron chi connectivity index (χ1n) is 17.2. The summed E-state index contributed by atoms with van der Waals surface area (Å²) in [6, 6.07) is 18.4. The highest BCUT2D eigenvalue weighted by Gasteiger charge is 2.48. The number of nitrogens with one attached hydrogen (secondary N) is 1. The van der Waals surface area contributed by atoms with Crippen LogP contribution in [0.25, 0.3) is 0 Å². The topological polar surface area (TPSA) is 123 Å². The van der Waals surface area contributed by atoms with Gasteiger partial charge in [0.15, 0.2) is 0 Å². The smallest absolute Gasteiger partial charge is 0.360 e. The van der Waals surface area contributed by atoms with Crippen molar-refractivity contribution in [1.82, 2.24) is 15.1 Å². The van der Waals surface area contributed by atoms with Crippen LogP contribution in [0.15, 0.2) is 95.1 Å². The number of allylic oxidation sites excluding steroid dienone is 3. The molecule has 52 heavy (non-hydrogen) atoms. The maximum atomic E-state index is 14.4. The summed E-state index contributed by atoms with van der Waals surface area (Å²) in [7, 11) is -3.95. The fourth-order valence-corrected chi connectivity index (χ4v) is 9.44. The lowest BCUT2D eigenvalue weighted by Crippen LogP contribution is -2.48. The predicted octanol–water partition coefficient (Wildman–Crippen LogP) is 7.28. The highest BCUT2D eigenvalue weighted by Crippen LogP contribution is 2.66. The van der Waals surface area contributed by atoms with Crippen LogP contribution < -0.4 is 5.32 Å². The molecule has 3 aliphatic heterocycles. The Kier molecular flexibility index (Phi) is 11.1. The van der Waals surface area contributed by atoms with Crippen LogP contribution >= 0.6 is 7.60 Å². The molecule has 3 aliphatic rings. The number of piperazine rings is 1. The van der Waals surface area contributed by atoms with Gasteiger partial charge >= 0.3 is 13.6 Å². The summed E-state index contributed by atoms with van der Waals surface area (Å²) < 4.78 is 59.6. The van der Waals surface area contributed by atoms with Gasteiger partial charge in [-0.15, -0.1) is 0 Å². The van der Waals surface area contributed by atoms with Crippen molar-refractivity contribution >= 4 is 19.3 Å². The summed E-state index contributed by atoms with van der Waals surface area (Å²) in [5, 5.41) is 15.1. The van der Waals surface area contributed by atoms with E-state index in [0.29, 0.717) is 49.7 Å². The monoisotopic (exact) mass is 736 g/mol. The second-order valence-electron chi connectivity index (χ2n) is 14.2. The lowest BCUT2D eigenvalue weighted by molar-refractivity contribution is -0.384. The largest absolute Gasteiger partial charge is 0.461 e. The number of carbonyl (C=O) groups is 1. The summed E-state index contributed by atoms with van der Waals surface area (Å²) in [6.07, 6.45) is 0. The molecular formula is C38H43F2N4O7P. The third-order valence-electron chi connectivity index (χ3n) is 9.69. The third kappa shape index (κ3) is 8.19.